The Labute approximate surface area is 134 Å². The third-order valence-electron chi connectivity index (χ3n) is 4.55. The molecule has 116 valence electrons. The van der Waals surface area contributed by atoms with Crippen LogP contribution in [-0.4, -0.2) is 9.55 Å². The highest BCUT2D eigenvalue weighted by Gasteiger charge is 2.21. The molecule has 0 amide bonds. The molecule has 4 heteroatoms. The lowest BCUT2D eigenvalue weighted by Crippen LogP contribution is -2.15. The SMILES string of the molecule is CCn1c(C)c(-c2[nH]c(C)cc2C)c(=O)c2c(C)c(C)sc21. The highest BCUT2D eigenvalue weighted by Crippen LogP contribution is 2.33. The predicted octanol–water partition coefficient (Wildman–Crippen LogP) is 4.62. The fraction of sp³-hybridized carbons (Fsp3) is 0.389. The lowest BCUT2D eigenvalue weighted by Gasteiger charge is -2.15. The van der Waals surface area contributed by atoms with Crippen molar-refractivity contribution in [2.75, 3.05) is 0 Å². The quantitative estimate of drug-likeness (QED) is 0.736. The Morgan fingerprint density at radius 2 is 1.86 bits per heavy atom. The summed E-state index contributed by atoms with van der Waals surface area (Å²) in [6.07, 6.45) is 0. The molecule has 3 aromatic heterocycles. The molecule has 0 unspecified atom stereocenters. The molecular weight excluding hydrogens is 292 g/mol. The summed E-state index contributed by atoms with van der Waals surface area (Å²) >= 11 is 1.72. The zero-order valence-corrected chi connectivity index (χ0v) is 14.9. The number of pyridine rings is 1. The minimum absolute atomic E-state index is 0.156. The average molecular weight is 314 g/mol. The van der Waals surface area contributed by atoms with E-state index in [1.54, 1.807) is 11.3 Å². The molecular formula is C18H22N2OS. The van der Waals surface area contributed by atoms with Gasteiger partial charge in [-0.2, -0.15) is 0 Å². The van der Waals surface area contributed by atoms with Gasteiger partial charge in [0.1, 0.15) is 4.83 Å². The topological polar surface area (TPSA) is 37.8 Å². The minimum Gasteiger partial charge on any atom is -0.358 e. The van der Waals surface area contributed by atoms with Crippen LogP contribution in [-0.2, 0) is 6.54 Å². The van der Waals surface area contributed by atoms with Crippen LogP contribution in [0.2, 0.25) is 0 Å². The Bertz CT molecular complexity index is 941. The molecule has 0 spiro atoms. The van der Waals surface area contributed by atoms with Gasteiger partial charge in [-0.3, -0.25) is 4.79 Å². The van der Waals surface area contributed by atoms with Crippen LogP contribution in [0.25, 0.3) is 21.5 Å². The van der Waals surface area contributed by atoms with E-state index >= 15 is 0 Å². The van der Waals surface area contributed by atoms with E-state index in [0.717, 1.165) is 50.5 Å². The Morgan fingerprint density at radius 1 is 1.18 bits per heavy atom. The van der Waals surface area contributed by atoms with E-state index in [2.05, 4.69) is 50.2 Å². The smallest absolute Gasteiger partial charge is 0.200 e. The first-order chi connectivity index (χ1) is 10.4. The number of aryl methyl sites for hydroxylation is 5. The van der Waals surface area contributed by atoms with E-state index in [9.17, 15) is 4.79 Å². The molecule has 0 atom stereocenters. The number of hydrogen-bond donors (Lipinski definition) is 1. The van der Waals surface area contributed by atoms with Crippen molar-refractivity contribution in [1.29, 1.82) is 0 Å². The van der Waals surface area contributed by atoms with E-state index < -0.39 is 0 Å². The molecule has 3 aromatic rings. The van der Waals surface area contributed by atoms with Gasteiger partial charge in [0.2, 0.25) is 0 Å². The summed E-state index contributed by atoms with van der Waals surface area (Å²) in [6, 6.07) is 2.10. The Morgan fingerprint density at radius 3 is 2.41 bits per heavy atom. The summed E-state index contributed by atoms with van der Waals surface area (Å²) in [5, 5.41) is 0.886. The average Bonchev–Trinajstić information content (AvgIpc) is 2.91. The lowest BCUT2D eigenvalue weighted by atomic mass is 10.0. The van der Waals surface area contributed by atoms with Crippen LogP contribution in [0, 0.1) is 34.6 Å². The van der Waals surface area contributed by atoms with Crippen molar-refractivity contribution in [2.24, 2.45) is 0 Å². The number of nitrogens with zero attached hydrogens (tertiary/aromatic N) is 1. The standard InChI is InChI=1S/C18H22N2OS/c1-7-20-12(5)15(16-9(2)8-10(3)19-16)17(21)14-11(4)13(6)22-18(14)20/h8,19H,7H2,1-6H3. The van der Waals surface area contributed by atoms with Crippen LogP contribution in [0.1, 0.15) is 34.3 Å². The van der Waals surface area contributed by atoms with Gasteiger partial charge in [-0.25, -0.2) is 0 Å². The maximum atomic E-state index is 13.2. The summed E-state index contributed by atoms with van der Waals surface area (Å²) in [6.45, 7) is 13.3. The number of rotatable bonds is 2. The number of nitrogens with one attached hydrogen (secondary N) is 1. The maximum absolute atomic E-state index is 13.2. The summed E-state index contributed by atoms with van der Waals surface area (Å²) < 4.78 is 2.27. The van der Waals surface area contributed by atoms with Gasteiger partial charge in [0.25, 0.3) is 0 Å². The molecule has 0 saturated heterocycles. The van der Waals surface area contributed by atoms with E-state index in [-0.39, 0.29) is 5.43 Å². The third-order valence-corrected chi connectivity index (χ3v) is 5.78. The third kappa shape index (κ3) is 1.97. The van der Waals surface area contributed by atoms with Crippen LogP contribution in [0.4, 0.5) is 0 Å². The summed E-state index contributed by atoms with van der Waals surface area (Å²) in [4.78, 5) is 18.9. The van der Waals surface area contributed by atoms with Crippen molar-refractivity contribution in [3.05, 3.63) is 43.7 Å². The number of fused-ring (bicyclic) bond motifs is 1. The van der Waals surface area contributed by atoms with Gasteiger partial charge in [-0.15, -0.1) is 11.3 Å². The summed E-state index contributed by atoms with van der Waals surface area (Å²) in [5.41, 5.74) is 6.33. The fourth-order valence-corrected chi connectivity index (χ4v) is 4.58. The second kappa shape index (κ2) is 5.13. The van der Waals surface area contributed by atoms with Crippen molar-refractivity contribution in [2.45, 2.75) is 48.1 Å². The van der Waals surface area contributed by atoms with E-state index in [1.807, 2.05) is 6.92 Å². The highest BCUT2D eigenvalue weighted by molar-refractivity contribution is 7.18. The molecule has 3 heterocycles. The molecule has 22 heavy (non-hydrogen) atoms. The normalized spacial score (nSPS) is 11.5. The lowest BCUT2D eigenvalue weighted by molar-refractivity contribution is 0.765. The Hall–Kier alpha value is -1.81. The van der Waals surface area contributed by atoms with Crippen LogP contribution >= 0.6 is 11.3 Å². The van der Waals surface area contributed by atoms with Crippen LogP contribution in [0.3, 0.4) is 0 Å². The first kappa shape index (κ1) is 15.1. The zero-order valence-electron chi connectivity index (χ0n) is 14.0. The van der Waals surface area contributed by atoms with Gasteiger partial charge in [0, 0.05) is 22.8 Å². The molecule has 3 nitrogen and oxygen atoms in total. The largest absolute Gasteiger partial charge is 0.358 e. The predicted molar refractivity (Wildman–Crippen MR) is 95.2 cm³/mol. The second-order valence-corrected chi connectivity index (χ2v) is 7.21. The molecule has 0 saturated carbocycles. The van der Waals surface area contributed by atoms with Crippen molar-refractivity contribution in [3.63, 3.8) is 0 Å². The van der Waals surface area contributed by atoms with Crippen LogP contribution < -0.4 is 5.43 Å². The van der Waals surface area contributed by atoms with Crippen molar-refractivity contribution >= 4 is 21.6 Å². The van der Waals surface area contributed by atoms with Gasteiger partial charge in [0.05, 0.1) is 16.6 Å². The maximum Gasteiger partial charge on any atom is 0.200 e. The monoisotopic (exact) mass is 314 g/mol. The Kier molecular flexibility index (Phi) is 3.52. The molecule has 0 aliphatic carbocycles. The highest BCUT2D eigenvalue weighted by atomic mass is 32.1. The van der Waals surface area contributed by atoms with Gasteiger partial charge in [-0.05, 0) is 58.7 Å². The molecule has 1 N–H and O–H groups in total. The van der Waals surface area contributed by atoms with E-state index in [0.29, 0.717) is 0 Å². The molecule has 0 radical (unpaired) electrons. The molecule has 0 fully saturated rings. The molecule has 0 bridgehead atoms. The number of aromatic nitrogens is 2. The van der Waals surface area contributed by atoms with E-state index in [4.69, 9.17) is 0 Å². The van der Waals surface area contributed by atoms with Gasteiger partial charge in [-0.1, -0.05) is 0 Å². The Balaban J connectivity index is 2.53. The van der Waals surface area contributed by atoms with Crippen LogP contribution in [0.5, 0.6) is 0 Å². The zero-order chi connectivity index (χ0) is 16.2. The summed E-state index contributed by atoms with van der Waals surface area (Å²) in [5.74, 6) is 0. The number of H-pyrrole nitrogens is 1. The van der Waals surface area contributed by atoms with Crippen molar-refractivity contribution in [3.8, 4) is 11.3 Å². The van der Waals surface area contributed by atoms with Crippen LogP contribution in [0.15, 0.2) is 10.9 Å². The van der Waals surface area contributed by atoms with Gasteiger partial charge < -0.3 is 9.55 Å². The first-order valence-electron chi connectivity index (χ1n) is 7.66. The number of hydrogen-bond acceptors (Lipinski definition) is 2. The van der Waals surface area contributed by atoms with Gasteiger partial charge in [0.15, 0.2) is 5.43 Å². The number of thiophene rings is 1. The first-order valence-corrected chi connectivity index (χ1v) is 8.48. The molecule has 0 aliphatic rings. The minimum atomic E-state index is 0.156. The molecule has 0 aliphatic heterocycles. The second-order valence-electron chi connectivity index (χ2n) is 6.01. The van der Waals surface area contributed by atoms with Crippen molar-refractivity contribution in [1.82, 2.24) is 9.55 Å². The fourth-order valence-electron chi connectivity index (χ4n) is 3.31. The molecule has 0 aromatic carbocycles. The molecule has 3 rings (SSSR count). The summed E-state index contributed by atoms with van der Waals surface area (Å²) in [7, 11) is 0. The van der Waals surface area contributed by atoms with Crippen molar-refractivity contribution < 1.29 is 0 Å². The number of aromatic amines is 1. The van der Waals surface area contributed by atoms with Gasteiger partial charge >= 0.3 is 0 Å². The van der Waals surface area contributed by atoms with E-state index in [1.165, 1.54) is 4.88 Å².